The lowest BCUT2D eigenvalue weighted by atomic mass is 9.96. The van der Waals surface area contributed by atoms with E-state index in [-0.39, 0.29) is 31.6 Å². The second kappa shape index (κ2) is 11.7. The van der Waals surface area contributed by atoms with Crippen molar-refractivity contribution < 1.29 is 29.0 Å². The molecule has 0 spiro atoms. The number of hydrogen-bond donors (Lipinski definition) is 3. The monoisotopic (exact) mass is 468 g/mol. The summed E-state index contributed by atoms with van der Waals surface area (Å²) in [5.41, 5.74) is 4.52. The minimum atomic E-state index is -1.18. The highest BCUT2D eigenvalue weighted by atomic mass is 16.5. The average Bonchev–Trinajstić information content (AvgIpc) is 3.13. The molecular formula is C26H32N2O6. The normalized spacial score (nSPS) is 14.1. The number of carbonyl (C=O) groups excluding carboxylic acids is 2. The molecule has 8 nitrogen and oxygen atoms in total. The van der Waals surface area contributed by atoms with E-state index in [1.165, 1.54) is 7.11 Å². The summed E-state index contributed by atoms with van der Waals surface area (Å²) in [5.74, 6) is -2.11. The summed E-state index contributed by atoms with van der Waals surface area (Å²) in [6.45, 7) is 3.99. The molecule has 8 heteroatoms. The first kappa shape index (κ1) is 25.2. The molecule has 0 fully saturated rings. The molecule has 0 radical (unpaired) electrons. The number of hydrogen-bond acceptors (Lipinski definition) is 5. The average molecular weight is 469 g/mol. The number of rotatable bonds is 11. The van der Waals surface area contributed by atoms with E-state index < -0.39 is 29.9 Å². The van der Waals surface area contributed by atoms with Crippen LogP contribution in [-0.4, -0.2) is 56.0 Å². The van der Waals surface area contributed by atoms with E-state index in [1.807, 2.05) is 50.2 Å². The maximum absolute atomic E-state index is 12.7. The number of nitrogens with one attached hydrogen (secondary N) is 2. The van der Waals surface area contributed by atoms with Gasteiger partial charge in [0.2, 0.25) is 5.91 Å². The van der Waals surface area contributed by atoms with Gasteiger partial charge in [0, 0.05) is 19.6 Å². The Kier molecular flexibility index (Phi) is 8.65. The minimum Gasteiger partial charge on any atom is -0.480 e. The van der Waals surface area contributed by atoms with Gasteiger partial charge in [-0.1, -0.05) is 62.4 Å². The zero-order valence-corrected chi connectivity index (χ0v) is 19.7. The smallest absolute Gasteiger partial charge is 0.407 e. The Morgan fingerprint density at radius 2 is 1.59 bits per heavy atom. The number of aliphatic carboxylic acids is 1. The van der Waals surface area contributed by atoms with Crippen LogP contribution in [-0.2, 0) is 19.1 Å². The van der Waals surface area contributed by atoms with Gasteiger partial charge in [0.25, 0.3) is 0 Å². The first-order valence-electron chi connectivity index (χ1n) is 11.4. The summed E-state index contributed by atoms with van der Waals surface area (Å²) in [6, 6.07) is 15.0. The van der Waals surface area contributed by atoms with Gasteiger partial charge in [-0.25, -0.2) is 9.59 Å². The second-order valence-electron chi connectivity index (χ2n) is 8.89. The Morgan fingerprint density at radius 1 is 1.00 bits per heavy atom. The van der Waals surface area contributed by atoms with Gasteiger partial charge in [0.05, 0.1) is 12.5 Å². The van der Waals surface area contributed by atoms with Crippen LogP contribution in [0.3, 0.4) is 0 Å². The topological polar surface area (TPSA) is 114 Å². The molecule has 1 aliphatic rings. The maximum atomic E-state index is 12.7. The number of carboxylic acid groups (broad SMARTS) is 1. The Bertz CT molecular complexity index is 976. The van der Waals surface area contributed by atoms with E-state index in [0.29, 0.717) is 6.42 Å². The molecule has 34 heavy (non-hydrogen) atoms. The summed E-state index contributed by atoms with van der Waals surface area (Å²) in [4.78, 5) is 36.5. The fraction of sp³-hybridized carbons (Fsp3) is 0.423. The predicted octanol–water partition coefficient (Wildman–Crippen LogP) is 3.40. The third kappa shape index (κ3) is 6.14. The van der Waals surface area contributed by atoms with Crippen molar-refractivity contribution >= 4 is 18.0 Å². The van der Waals surface area contributed by atoms with Crippen LogP contribution in [0.5, 0.6) is 0 Å². The fourth-order valence-electron chi connectivity index (χ4n) is 4.34. The Hall–Kier alpha value is -3.39. The molecule has 3 rings (SSSR count). The Morgan fingerprint density at radius 3 is 2.12 bits per heavy atom. The van der Waals surface area contributed by atoms with Crippen molar-refractivity contribution in [1.82, 2.24) is 10.6 Å². The van der Waals surface area contributed by atoms with Crippen LogP contribution >= 0.6 is 0 Å². The number of benzene rings is 2. The third-order valence-electron chi connectivity index (χ3n) is 5.91. The highest BCUT2D eigenvalue weighted by Crippen LogP contribution is 2.44. The van der Waals surface area contributed by atoms with Crippen molar-refractivity contribution in [2.24, 2.45) is 11.8 Å². The minimum absolute atomic E-state index is 0.0417. The molecule has 2 aromatic rings. The molecule has 2 atom stereocenters. The molecule has 1 aliphatic carbocycles. The lowest BCUT2D eigenvalue weighted by Crippen LogP contribution is -2.48. The SMILES string of the molecule is COC[C@H](NC(=O)C(CNC(=O)OCC1c2ccccc2-c2ccccc21)CC(C)C)C(=O)O. The highest BCUT2D eigenvalue weighted by molar-refractivity contribution is 5.85. The van der Waals surface area contributed by atoms with E-state index in [9.17, 15) is 19.5 Å². The van der Waals surface area contributed by atoms with Gasteiger partial charge < -0.3 is 25.2 Å². The molecular weight excluding hydrogens is 436 g/mol. The summed E-state index contributed by atoms with van der Waals surface area (Å²) < 4.78 is 10.4. The zero-order chi connectivity index (χ0) is 24.7. The van der Waals surface area contributed by atoms with E-state index in [0.717, 1.165) is 22.3 Å². The predicted molar refractivity (Wildman–Crippen MR) is 127 cm³/mol. The molecule has 1 unspecified atom stereocenters. The van der Waals surface area contributed by atoms with Crippen LogP contribution < -0.4 is 10.6 Å². The molecule has 0 bridgehead atoms. The molecule has 0 aliphatic heterocycles. The summed E-state index contributed by atoms with van der Waals surface area (Å²) in [7, 11) is 1.37. The number of fused-ring (bicyclic) bond motifs is 3. The number of carbonyl (C=O) groups is 3. The number of carboxylic acids is 1. The molecule has 2 aromatic carbocycles. The molecule has 182 valence electrons. The van der Waals surface area contributed by atoms with Crippen molar-refractivity contribution in [3.05, 3.63) is 59.7 Å². The Balaban J connectivity index is 1.59. The third-order valence-corrected chi connectivity index (χ3v) is 5.91. The van der Waals surface area contributed by atoms with Crippen molar-refractivity contribution in [2.45, 2.75) is 32.2 Å². The first-order valence-corrected chi connectivity index (χ1v) is 11.4. The lowest BCUT2D eigenvalue weighted by molar-refractivity contribution is -0.144. The summed E-state index contributed by atoms with van der Waals surface area (Å²) in [6.07, 6.45) is -0.135. The Labute approximate surface area is 199 Å². The molecule has 0 saturated heterocycles. The largest absolute Gasteiger partial charge is 0.480 e. The van der Waals surface area contributed by atoms with Gasteiger partial charge in [-0.15, -0.1) is 0 Å². The quantitative estimate of drug-likeness (QED) is 0.466. The fourth-order valence-corrected chi connectivity index (χ4v) is 4.34. The van der Waals surface area contributed by atoms with Crippen LogP contribution in [0.2, 0.25) is 0 Å². The summed E-state index contributed by atoms with van der Waals surface area (Å²) >= 11 is 0. The van der Waals surface area contributed by atoms with E-state index in [4.69, 9.17) is 9.47 Å². The van der Waals surface area contributed by atoms with E-state index >= 15 is 0 Å². The number of alkyl carbamates (subject to hydrolysis) is 1. The molecule has 0 saturated carbocycles. The van der Waals surface area contributed by atoms with Crippen molar-refractivity contribution in [3.8, 4) is 11.1 Å². The lowest BCUT2D eigenvalue weighted by Gasteiger charge is -2.22. The van der Waals surface area contributed by atoms with Gasteiger partial charge in [-0.05, 0) is 34.6 Å². The van der Waals surface area contributed by atoms with Gasteiger partial charge in [0.1, 0.15) is 6.61 Å². The molecule has 3 N–H and O–H groups in total. The zero-order valence-electron chi connectivity index (χ0n) is 19.7. The van der Waals surface area contributed by atoms with Crippen LogP contribution in [0.1, 0.15) is 37.3 Å². The van der Waals surface area contributed by atoms with Gasteiger partial charge in [-0.3, -0.25) is 4.79 Å². The van der Waals surface area contributed by atoms with Crippen molar-refractivity contribution in [3.63, 3.8) is 0 Å². The van der Waals surface area contributed by atoms with E-state index in [1.54, 1.807) is 0 Å². The standard InChI is InChI=1S/C26H32N2O6/c1-16(2)12-17(24(29)28-23(15-33-3)25(30)31)13-27-26(32)34-14-22-20-10-6-4-8-18(20)19-9-5-7-11-21(19)22/h4-11,16-17,22-23H,12-15H2,1-3H3,(H,27,32)(H,28,29)(H,30,31)/t17?,23-/m0/s1. The second-order valence-corrected chi connectivity index (χ2v) is 8.89. The first-order chi connectivity index (χ1) is 16.3. The van der Waals surface area contributed by atoms with Gasteiger partial charge in [0.15, 0.2) is 6.04 Å². The van der Waals surface area contributed by atoms with Crippen molar-refractivity contribution in [1.29, 1.82) is 0 Å². The van der Waals surface area contributed by atoms with E-state index in [2.05, 4.69) is 22.8 Å². The van der Waals surface area contributed by atoms with Gasteiger partial charge in [-0.2, -0.15) is 0 Å². The van der Waals surface area contributed by atoms with Gasteiger partial charge >= 0.3 is 12.1 Å². The van der Waals surface area contributed by atoms with Crippen LogP contribution in [0.15, 0.2) is 48.5 Å². The highest BCUT2D eigenvalue weighted by Gasteiger charge is 2.30. The maximum Gasteiger partial charge on any atom is 0.407 e. The van der Waals surface area contributed by atoms with Crippen molar-refractivity contribution in [2.75, 3.05) is 26.9 Å². The number of ether oxygens (including phenoxy) is 2. The number of methoxy groups -OCH3 is 1. The van der Waals surface area contributed by atoms with Crippen LogP contribution in [0, 0.1) is 11.8 Å². The van der Waals surface area contributed by atoms with Crippen LogP contribution in [0.25, 0.3) is 11.1 Å². The molecule has 0 heterocycles. The molecule has 0 aromatic heterocycles. The number of amides is 2. The molecule has 2 amide bonds. The van der Waals surface area contributed by atoms with Crippen LogP contribution in [0.4, 0.5) is 4.79 Å². The summed E-state index contributed by atoms with van der Waals surface area (Å²) in [5, 5.41) is 14.4.